The van der Waals surface area contributed by atoms with E-state index in [0.717, 1.165) is 28.3 Å². The van der Waals surface area contributed by atoms with Crippen molar-refractivity contribution in [3.63, 3.8) is 0 Å². The fourth-order valence-corrected chi connectivity index (χ4v) is 1.77. The molecule has 4 heteroatoms. The van der Waals surface area contributed by atoms with Crippen molar-refractivity contribution in [3.8, 4) is 22.5 Å². The number of hydrogen-bond acceptors (Lipinski definition) is 4. The van der Waals surface area contributed by atoms with E-state index >= 15 is 0 Å². The number of aromatic nitrogens is 4. The predicted octanol–water partition coefficient (Wildman–Crippen LogP) is 2.91. The van der Waals surface area contributed by atoms with Crippen LogP contribution in [-0.2, 0) is 0 Å². The lowest BCUT2D eigenvalue weighted by molar-refractivity contribution is 1.05. The Morgan fingerprint density at radius 3 is 2.05 bits per heavy atom. The SMILES string of the molecule is Cc1ncc(-c2ccc(-c3ccccn3)cn2)cn1. The van der Waals surface area contributed by atoms with Gasteiger partial charge in [-0.1, -0.05) is 6.07 Å². The molecule has 92 valence electrons. The molecule has 0 unspecified atom stereocenters. The number of aryl methyl sites for hydroxylation is 1. The van der Waals surface area contributed by atoms with Gasteiger partial charge in [-0.15, -0.1) is 0 Å². The van der Waals surface area contributed by atoms with E-state index in [1.54, 1.807) is 18.6 Å². The quantitative estimate of drug-likeness (QED) is 0.699. The maximum atomic E-state index is 4.43. The maximum Gasteiger partial charge on any atom is 0.125 e. The second-order valence-electron chi connectivity index (χ2n) is 4.17. The molecular weight excluding hydrogens is 236 g/mol. The van der Waals surface area contributed by atoms with Crippen LogP contribution in [0.5, 0.6) is 0 Å². The number of nitrogens with zero attached hydrogens (tertiary/aromatic N) is 4. The van der Waals surface area contributed by atoms with Crippen LogP contribution in [-0.4, -0.2) is 19.9 Å². The second kappa shape index (κ2) is 4.94. The molecule has 0 spiro atoms. The summed E-state index contributed by atoms with van der Waals surface area (Å²) in [4.78, 5) is 17.1. The molecule has 3 rings (SSSR count). The summed E-state index contributed by atoms with van der Waals surface area (Å²) in [5.74, 6) is 0.758. The van der Waals surface area contributed by atoms with Gasteiger partial charge in [-0.2, -0.15) is 0 Å². The average molecular weight is 248 g/mol. The van der Waals surface area contributed by atoms with Crippen molar-refractivity contribution < 1.29 is 0 Å². The van der Waals surface area contributed by atoms with Gasteiger partial charge in [0.15, 0.2) is 0 Å². The van der Waals surface area contributed by atoms with Crippen LogP contribution in [0.2, 0.25) is 0 Å². The molecule has 0 fully saturated rings. The highest BCUT2D eigenvalue weighted by Gasteiger charge is 2.02. The third kappa shape index (κ3) is 2.47. The highest BCUT2D eigenvalue weighted by molar-refractivity contribution is 5.63. The van der Waals surface area contributed by atoms with Crippen LogP contribution in [0.3, 0.4) is 0 Å². The van der Waals surface area contributed by atoms with E-state index in [1.807, 2.05) is 43.5 Å². The molecular formula is C15H12N4. The summed E-state index contributed by atoms with van der Waals surface area (Å²) in [7, 11) is 0. The summed E-state index contributed by atoms with van der Waals surface area (Å²) < 4.78 is 0. The molecule has 0 aromatic carbocycles. The summed E-state index contributed by atoms with van der Waals surface area (Å²) in [5, 5.41) is 0. The molecule has 0 bridgehead atoms. The minimum atomic E-state index is 0.758. The zero-order valence-electron chi connectivity index (χ0n) is 10.5. The minimum absolute atomic E-state index is 0.758. The molecule has 0 aliphatic rings. The van der Waals surface area contributed by atoms with Gasteiger partial charge in [-0.25, -0.2) is 9.97 Å². The third-order valence-electron chi connectivity index (χ3n) is 2.80. The topological polar surface area (TPSA) is 51.6 Å². The van der Waals surface area contributed by atoms with Crippen LogP contribution in [0.4, 0.5) is 0 Å². The van der Waals surface area contributed by atoms with E-state index in [2.05, 4.69) is 19.9 Å². The lowest BCUT2D eigenvalue weighted by Gasteiger charge is -2.03. The van der Waals surface area contributed by atoms with Gasteiger partial charge in [0.2, 0.25) is 0 Å². The van der Waals surface area contributed by atoms with Gasteiger partial charge in [-0.3, -0.25) is 9.97 Å². The highest BCUT2D eigenvalue weighted by atomic mass is 14.9. The van der Waals surface area contributed by atoms with E-state index in [0.29, 0.717) is 0 Å². The van der Waals surface area contributed by atoms with E-state index < -0.39 is 0 Å². The molecule has 0 saturated carbocycles. The first-order valence-electron chi connectivity index (χ1n) is 5.99. The van der Waals surface area contributed by atoms with Crippen LogP contribution in [0, 0.1) is 6.92 Å². The Balaban J connectivity index is 1.93. The number of pyridine rings is 2. The minimum Gasteiger partial charge on any atom is -0.256 e. The Bertz CT molecular complexity index is 661. The van der Waals surface area contributed by atoms with Crippen LogP contribution in [0.15, 0.2) is 55.1 Å². The maximum absolute atomic E-state index is 4.43. The van der Waals surface area contributed by atoms with Gasteiger partial charge < -0.3 is 0 Å². The predicted molar refractivity (Wildman–Crippen MR) is 73.2 cm³/mol. The molecule has 0 N–H and O–H groups in total. The standard InChI is InChI=1S/C15H12N4/c1-11-17-9-13(10-18-11)15-6-5-12(8-19-15)14-4-2-3-7-16-14/h2-10H,1H3. The molecule has 0 aliphatic carbocycles. The van der Waals surface area contributed by atoms with Crippen molar-refractivity contribution in [2.75, 3.05) is 0 Å². The van der Waals surface area contributed by atoms with Crippen LogP contribution >= 0.6 is 0 Å². The fourth-order valence-electron chi connectivity index (χ4n) is 1.77. The fraction of sp³-hybridized carbons (Fsp3) is 0.0667. The van der Waals surface area contributed by atoms with Crippen molar-refractivity contribution in [1.82, 2.24) is 19.9 Å². The first-order chi connectivity index (χ1) is 9.33. The zero-order chi connectivity index (χ0) is 13.1. The largest absolute Gasteiger partial charge is 0.256 e. The van der Waals surface area contributed by atoms with Gasteiger partial charge in [0.1, 0.15) is 5.82 Å². The first kappa shape index (κ1) is 11.5. The summed E-state index contributed by atoms with van der Waals surface area (Å²) in [6, 6.07) is 9.78. The molecule has 0 aliphatic heterocycles. The molecule has 3 aromatic rings. The van der Waals surface area contributed by atoms with Crippen molar-refractivity contribution in [3.05, 3.63) is 60.9 Å². The summed E-state index contributed by atoms with van der Waals surface area (Å²) >= 11 is 0. The monoisotopic (exact) mass is 248 g/mol. The molecule has 3 aromatic heterocycles. The van der Waals surface area contributed by atoms with E-state index in [-0.39, 0.29) is 0 Å². The molecule has 0 amide bonds. The Kier molecular flexibility index (Phi) is 2.98. The summed E-state index contributed by atoms with van der Waals surface area (Å²) in [6.45, 7) is 1.86. The third-order valence-corrected chi connectivity index (χ3v) is 2.80. The molecule has 19 heavy (non-hydrogen) atoms. The first-order valence-corrected chi connectivity index (χ1v) is 5.99. The number of rotatable bonds is 2. The lowest BCUT2D eigenvalue weighted by atomic mass is 10.1. The van der Waals surface area contributed by atoms with E-state index in [4.69, 9.17) is 0 Å². The van der Waals surface area contributed by atoms with Crippen molar-refractivity contribution in [2.24, 2.45) is 0 Å². The normalized spacial score (nSPS) is 10.4. The smallest absolute Gasteiger partial charge is 0.125 e. The molecule has 0 radical (unpaired) electrons. The van der Waals surface area contributed by atoms with Crippen molar-refractivity contribution in [1.29, 1.82) is 0 Å². The molecule has 3 heterocycles. The van der Waals surface area contributed by atoms with Gasteiger partial charge in [-0.05, 0) is 31.2 Å². The molecule has 4 nitrogen and oxygen atoms in total. The van der Waals surface area contributed by atoms with Crippen molar-refractivity contribution in [2.45, 2.75) is 6.92 Å². The lowest BCUT2D eigenvalue weighted by Crippen LogP contribution is -1.90. The highest BCUT2D eigenvalue weighted by Crippen LogP contribution is 2.19. The van der Waals surface area contributed by atoms with E-state index in [9.17, 15) is 0 Å². The van der Waals surface area contributed by atoms with Crippen LogP contribution in [0.1, 0.15) is 5.82 Å². The van der Waals surface area contributed by atoms with Gasteiger partial charge in [0.05, 0.1) is 11.4 Å². The van der Waals surface area contributed by atoms with E-state index in [1.165, 1.54) is 0 Å². The Labute approximate surface area is 111 Å². The van der Waals surface area contributed by atoms with Gasteiger partial charge in [0, 0.05) is 35.9 Å². The Morgan fingerprint density at radius 2 is 1.42 bits per heavy atom. The Hall–Kier alpha value is -2.62. The number of hydrogen-bond donors (Lipinski definition) is 0. The molecule has 0 atom stereocenters. The van der Waals surface area contributed by atoms with Gasteiger partial charge in [0.25, 0.3) is 0 Å². The second-order valence-corrected chi connectivity index (χ2v) is 4.17. The van der Waals surface area contributed by atoms with Crippen LogP contribution < -0.4 is 0 Å². The Morgan fingerprint density at radius 1 is 0.684 bits per heavy atom. The zero-order valence-corrected chi connectivity index (χ0v) is 10.5. The van der Waals surface area contributed by atoms with Crippen LogP contribution in [0.25, 0.3) is 22.5 Å². The van der Waals surface area contributed by atoms with Gasteiger partial charge >= 0.3 is 0 Å². The summed E-state index contributed by atoms with van der Waals surface area (Å²) in [6.07, 6.45) is 7.16. The van der Waals surface area contributed by atoms with Crippen molar-refractivity contribution >= 4 is 0 Å². The molecule has 0 saturated heterocycles. The summed E-state index contributed by atoms with van der Waals surface area (Å²) in [5.41, 5.74) is 3.69. The average Bonchev–Trinajstić information content (AvgIpc) is 2.49.